The maximum Gasteiger partial charge on any atom is 0.246 e. The van der Waals surface area contributed by atoms with Crippen LogP contribution in [0.5, 0.6) is 5.75 Å². The molecule has 0 aliphatic rings. The molecule has 1 heterocycles. The average Bonchev–Trinajstić information content (AvgIpc) is 3.18. The molecule has 0 fully saturated rings. The number of rotatable bonds is 8. The lowest BCUT2D eigenvalue weighted by molar-refractivity contribution is -0.118. The Morgan fingerprint density at radius 1 is 1.32 bits per heavy atom. The lowest BCUT2D eigenvalue weighted by atomic mass is 10.2. The standard InChI is InChI=1S/C19H17ClFN3O3S/c1-26-13-5-2-4-12(8-13)19-23-18(27-24-19)9-22-17(25)11-28-10-14-15(20)6-3-7-16(14)21/h2-8H,9-11H2,1H3,(H,22,25). The molecule has 3 aromatic rings. The average molecular weight is 422 g/mol. The van der Waals surface area contributed by atoms with Crippen LogP contribution >= 0.6 is 23.4 Å². The van der Waals surface area contributed by atoms with E-state index in [1.54, 1.807) is 25.3 Å². The van der Waals surface area contributed by atoms with Gasteiger partial charge in [-0.2, -0.15) is 4.98 Å². The summed E-state index contributed by atoms with van der Waals surface area (Å²) in [5, 5.41) is 6.95. The molecule has 0 bridgehead atoms. The molecule has 9 heteroatoms. The van der Waals surface area contributed by atoms with E-state index in [0.29, 0.717) is 27.9 Å². The van der Waals surface area contributed by atoms with E-state index in [4.69, 9.17) is 20.9 Å². The quantitative estimate of drug-likeness (QED) is 0.590. The number of carbonyl (C=O) groups excluding carboxylic acids is 1. The first-order valence-corrected chi connectivity index (χ1v) is 9.84. The number of nitrogens with zero attached hydrogens (tertiary/aromatic N) is 2. The van der Waals surface area contributed by atoms with Crippen LogP contribution in [0.2, 0.25) is 5.02 Å². The second kappa shape index (κ2) is 9.57. The zero-order valence-corrected chi connectivity index (χ0v) is 16.5. The largest absolute Gasteiger partial charge is 0.497 e. The van der Waals surface area contributed by atoms with Crippen molar-refractivity contribution in [1.82, 2.24) is 15.5 Å². The number of hydrogen-bond acceptors (Lipinski definition) is 6. The minimum Gasteiger partial charge on any atom is -0.497 e. The van der Waals surface area contributed by atoms with Gasteiger partial charge in [0.15, 0.2) is 0 Å². The van der Waals surface area contributed by atoms with Crippen molar-refractivity contribution in [1.29, 1.82) is 0 Å². The number of aromatic nitrogens is 2. The van der Waals surface area contributed by atoms with Crippen molar-refractivity contribution in [2.24, 2.45) is 0 Å². The van der Waals surface area contributed by atoms with Crippen LogP contribution in [0.4, 0.5) is 4.39 Å². The second-order valence-electron chi connectivity index (χ2n) is 5.71. The van der Waals surface area contributed by atoms with Gasteiger partial charge in [-0.1, -0.05) is 35.0 Å². The number of nitrogens with one attached hydrogen (secondary N) is 1. The van der Waals surface area contributed by atoms with Crippen molar-refractivity contribution in [2.75, 3.05) is 12.9 Å². The number of amides is 1. The minimum atomic E-state index is -0.378. The summed E-state index contributed by atoms with van der Waals surface area (Å²) in [6, 6.07) is 11.8. The molecule has 3 rings (SSSR count). The number of hydrogen-bond donors (Lipinski definition) is 1. The van der Waals surface area contributed by atoms with E-state index in [1.165, 1.54) is 17.8 Å². The summed E-state index contributed by atoms with van der Waals surface area (Å²) in [5.74, 6) is 1.24. The molecule has 0 aliphatic heterocycles. The third-order valence-corrected chi connectivity index (χ3v) is 5.09. The molecule has 1 amide bonds. The lowest BCUT2D eigenvalue weighted by Crippen LogP contribution is -2.24. The Balaban J connectivity index is 1.48. The van der Waals surface area contributed by atoms with E-state index < -0.39 is 0 Å². The van der Waals surface area contributed by atoms with Crippen LogP contribution in [0, 0.1) is 5.82 Å². The van der Waals surface area contributed by atoms with Gasteiger partial charge in [0.25, 0.3) is 0 Å². The van der Waals surface area contributed by atoms with Gasteiger partial charge in [0.1, 0.15) is 11.6 Å². The van der Waals surface area contributed by atoms with E-state index in [2.05, 4.69) is 15.5 Å². The third kappa shape index (κ3) is 5.24. The Hall–Kier alpha value is -2.58. The summed E-state index contributed by atoms with van der Waals surface area (Å²) in [4.78, 5) is 16.2. The lowest BCUT2D eigenvalue weighted by Gasteiger charge is -2.06. The number of thioether (sulfide) groups is 1. The molecule has 6 nitrogen and oxygen atoms in total. The highest BCUT2D eigenvalue weighted by atomic mass is 35.5. The highest BCUT2D eigenvalue weighted by Gasteiger charge is 2.12. The first kappa shape index (κ1) is 20.2. The van der Waals surface area contributed by atoms with Crippen LogP contribution in [0.15, 0.2) is 47.0 Å². The minimum absolute atomic E-state index is 0.108. The molecular weight excluding hydrogens is 405 g/mol. The Kier molecular flexibility index (Phi) is 6.89. The maximum absolute atomic E-state index is 13.7. The number of halogens is 2. The smallest absolute Gasteiger partial charge is 0.246 e. The Bertz CT molecular complexity index is 947. The predicted molar refractivity (Wildman–Crippen MR) is 106 cm³/mol. The molecule has 0 spiro atoms. The van der Waals surface area contributed by atoms with E-state index in [-0.39, 0.29) is 29.9 Å². The van der Waals surface area contributed by atoms with Gasteiger partial charge >= 0.3 is 0 Å². The second-order valence-corrected chi connectivity index (χ2v) is 7.11. The molecule has 1 aromatic heterocycles. The van der Waals surface area contributed by atoms with Gasteiger partial charge in [0.2, 0.25) is 17.6 Å². The van der Waals surface area contributed by atoms with E-state index >= 15 is 0 Å². The molecule has 28 heavy (non-hydrogen) atoms. The summed E-state index contributed by atoms with van der Waals surface area (Å²) < 4.78 is 24.0. The maximum atomic E-state index is 13.7. The monoisotopic (exact) mass is 421 g/mol. The first-order valence-electron chi connectivity index (χ1n) is 8.31. The SMILES string of the molecule is COc1cccc(-c2noc(CNC(=O)CSCc3c(F)cccc3Cl)n2)c1. The summed E-state index contributed by atoms with van der Waals surface area (Å²) in [6.45, 7) is 0.108. The summed E-state index contributed by atoms with van der Waals surface area (Å²) in [5.41, 5.74) is 1.14. The van der Waals surface area contributed by atoms with E-state index in [1.807, 2.05) is 18.2 Å². The van der Waals surface area contributed by atoms with Crippen molar-refractivity contribution in [2.45, 2.75) is 12.3 Å². The van der Waals surface area contributed by atoms with Gasteiger partial charge in [0, 0.05) is 21.9 Å². The molecule has 0 aliphatic carbocycles. The van der Waals surface area contributed by atoms with Crippen molar-refractivity contribution < 1.29 is 18.4 Å². The van der Waals surface area contributed by atoms with Gasteiger partial charge < -0.3 is 14.6 Å². The third-order valence-electron chi connectivity index (χ3n) is 3.77. The van der Waals surface area contributed by atoms with Crippen LogP contribution < -0.4 is 10.1 Å². The van der Waals surface area contributed by atoms with Gasteiger partial charge in [-0.25, -0.2) is 4.39 Å². The topological polar surface area (TPSA) is 77.3 Å². The highest BCUT2D eigenvalue weighted by molar-refractivity contribution is 7.99. The zero-order chi connectivity index (χ0) is 19.9. The highest BCUT2D eigenvalue weighted by Crippen LogP contribution is 2.24. The van der Waals surface area contributed by atoms with E-state index in [0.717, 1.165) is 5.56 Å². The Labute approximate surface area is 170 Å². The molecule has 0 unspecified atom stereocenters. The molecule has 2 aromatic carbocycles. The van der Waals surface area contributed by atoms with Crippen LogP contribution in [0.1, 0.15) is 11.5 Å². The number of benzene rings is 2. The summed E-state index contributed by atoms with van der Waals surface area (Å²) >= 11 is 7.24. The molecule has 0 atom stereocenters. The molecule has 0 saturated carbocycles. The van der Waals surface area contributed by atoms with Crippen molar-refractivity contribution >= 4 is 29.3 Å². The van der Waals surface area contributed by atoms with Crippen LogP contribution in [0.25, 0.3) is 11.4 Å². The fourth-order valence-corrected chi connectivity index (χ4v) is 3.54. The molecular formula is C19H17ClFN3O3S. The first-order chi connectivity index (χ1) is 13.6. The molecule has 0 radical (unpaired) electrons. The van der Waals surface area contributed by atoms with Crippen LogP contribution in [-0.4, -0.2) is 28.9 Å². The number of methoxy groups -OCH3 is 1. The molecule has 1 N–H and O–H groups in total. The predicted octanol–water partition coefficient (Wildman–Crippen LogP) is 4.09. The number of ether oxygens (including phenoxy) is 1. The normalized spacial score (nSPS) is 10.7. The van der Waals surface area contributed by atoms with Gasteiger partial charge in [-0.3, -0.25) is 4.79 Å². The van der Waals surface area contributed by atoms with Crippen molar-refractivity contribution in [3.63, 3.8) is 0 Å². The number of carbonyl (C=O) groups is 1. The summed E-state index contributed by atoms with van der Waals surface area (Å²) in [7, 11) is 1.58. The van der Waals surface area contributed by atoms with Gasteiger partial charge in [-0.05, 0) is 24.3 Å². The molecule has 0 saturated heterocycles. The van der Waals surface area contributed by atoms with Crippen molar-refractivity contribution in [3.05, 3.63) is 64.8 Å². The zero-order valence-electron chi connectivity index (χ0n) is 14.9. The fraction of sp³-hybridized carbons (Fsp3) is 0.211. The molecule has 146 valence electrons. The fourth-order valence-electron chi connectivity index (χ4n) is 2.35. The van der Waals surface area contributed by atoms with Crippen LogP contribution in [0.3, 0.4) is 0 Å². The van der Waals surface area contributed by atoms with Crippen molar-refractivity contribution in [3.8, 4) is 17.1 Å². The van der Waals surface area contributed by atoms with E-state index in [9.17, 15) is 9.18 Å². The van der Waals surface area contributed by atoms with Crippen LogP contribution in [-0.2, 0) is 17.1 Å². The van der Waals surface area contributed by atoms with Gasteiger partial charge in [-0.15, -0.1) is 11.8 Å². The Morgan fingerprint density at radius 2 is 2.14 bits per heavy atom. The Morgan fingerprint density at radius 3 is 2.93 bits per heavy atom. The summed E-state index contributed by atoms with van der Waals surface area (Å²) in [6.07, 6.45) is 0. The van der Waals surface area contributed by atoms with Gasteiger partial charge in [0.05, 0.1) is 19.4 Å².